The van der Waals surface area contributed by atoms with E-state index in [1.165, 1.54) is 35.1 Å². The zero-order chi connectivity index (χ0) is 20.5. The molecular formula is C19H19FN6O2. The molecule has 3 aromatic rings. The third-order valence-corrected chi connectivity index (χ3v) is 3.91. The van der Waals surface area contributed by atoms with Crippen molar-refractivity contribution in [2.75, 3.05) is 5.32 Å². The third-order valence-electron chi connectivity index (χ3n) is 3.91. The first-order chi connectivity index (χ1) is 13.2. The Kier molecular flexibility index (Phi) is 4.96. The van der Waals surface area contributed by atoms with Crippen molar-refractivity contribution in [1.29, 1.82) is 5.26 Å². The lowest BCUT2D eigenvalue weighted by atomic mass is 9.97. The summed E-state index contributed by atoms with van der Waals surface area (Å²) in [5.74, 6) is -0.908. The summed E-state index contributed by atoms with van der Waals surface area (Å²) in [7, 11) is 0. The molecule has 1 N–H and O–H groups in total. The number of fused-ring (bicyclic) bond motifs is 1. The number of rotatable bonds is 4. The monoisotopic (exact) mass is 382 g/mol. The van der Waals surface area contributed by atoms with Crippen LogP contribution < -0.4 is 10.9 Å². The number of nitrogens with one attached hydrogen (secondary N) is 1. The van der Waals surface area contributed by atoms with Crippen LogP contribution >= 0.6 is 0 Å². The summed E-state index contributed by atoms with van der Waals surface area (Å²) >= 11 is 0. The molecule has 0 fully saturated rings. The van der Waals surface area contributed by atoms with Gasteiger partial charge in [-0.1, -0.05) is 20.8 Å². The first-order valence-electron chi connectivity index (χ1n) is 8.60. The van der Waals surface area contributed by atoms with E-state index in [0.29, 0.717) is 17.9 Å². The lowest BCUT2D eigenvalue weighted by Crippen LogP contribution is -2.32. The van der Waals surface area contributed by atoms with E-state index in [4.69, 9.17) is 5.26 Å². The molecule has 2 heterocycles. The Labute approximate surface area is 160 Å². The molecule has 9 heteroatoms. The van der Waals surface area contributed by atoms with Crippen LogP contribution in [-0.4, -0.2) is 25.2 Å². The second-order valence-corrected chi connectivity index (χ2v) is 7.58. The summed E-state index contributed by atoms with van der Waals surface area (Å²) in [6.45, 7) is 6.10. The van der Waals surface area contributed by atoms with E-state index in [-0.39, 0.29) is 23.2 Å². The highest BCUT2D eigenvalue weighted by atomic mass is 19.1. The standard InChI is InChI=1S/C19H19FN6O2/c1-19(2,3)11-26-17-14(9-22-15(8-21)24-17)18(28)25(26)10-16(27)23-13-6-4-12(20)5-7-13/h4-7,9H,10-11H2,1-3H3,(H,23,27). The first-order valence-corrected chi connectivity index (χ1v) is 8.60. The topological polar surface area (TPSA) is 106 Å². The van der Waals surface area contributed by atoms with Gasteiger partial charge in [-0.05, 0) is 29.7 Å². The fourth-order valence-electron chi connectivity index (χ4n) is 2.77. The molecule has 0 aliphatic rings. The highest BCUT2D eigenvalue weighted by Crippen LogP contribution is 2.19. The number of nitrogens with zero attached hydrogens (tertiary/aromatic N) is 5. The molecule has 8 nitrogen and oxygen atoms in total. The van der Waals surface area contributed by atoms with E-state index in [9.17, 15) is 14.0 Å². The van der Waals surface area contributed by atoms with Gasteiger partial charge in [-0.25, -0.2) is 14.1 Å². The van der Waals surface area contributed by atoms with Crippen molar-refractivity contribution in [3.05, 3.63) is 52.5 Å². The van der Waals surface area contributed by atoms with Gasteiger partial charge in [0.15, 0.2) is 5.65 Å². The molecule has 2 aromatic heterocycles. The van der Waals surface area contributed by atoms with Gasteiger partial charge in [-0.15, -0.1) is 0 Å². The molecule has 0 aliphatic heterocycles. The number of nitriles is 1. The minimum absolute atomic E-state index is 0.0527. The molecule has 1 aromatic carbocycles. The molecule has 0 bridgehead atoms. The number of hydrogen-bond donors (Lipinski definition) is 1. The smallest absolute Gasteiger partial charge is 0.278 e. The molecule has 28 heavy (non-hydrogen) atoms. The predicted octanol–water partition coefficient (Wildman–Crippen LogP) is 2.29. The zero-order valence-electron chi connectivity index (χ0n) is 15.7. The third kappa shape index (κ3) is 4.06. The Balaban J connectivity index is 2.01. The van der Waals surface area contributed by atoms with Crippen molar-refractivity contribution >= 4 is 22.6 Å². The van der Waals surface area contributed by atoms with E-state index in [0.717, 1.165) is 0 Å². The van der Waals surface area contributed by atoms with Gasteiger partial charge in [0.2, 0.25) is 11.7 Å². The van der Waals surface area contributed by atoms with Crippen LogP contribution in [0, 0.1) is 22.6 Å². The van der Waals surface area contributed by atoms with E-state index in [1.54, 1.807) is 4.68 Å². The molecule has 0 unspecified atom stereocenters. The van der Waals surface area contributed by atoms with Crippen molar-refractivity contribution in [2.24, 2.45) is 5.41 Å². The van der Waals surface area contributed by atoms with E-state index < -0.39 is 17.3 Å². The van der Waals surface area contributed by atoms with E-state index in [1.807, 2.05) is 26.8 Å². The summed E-state index contributed by atoms with van der Waals surface area (Å²) in [6, 6.07) is 7.20. The van der Waals surface area contributed by atoms with Crippen LogP contribution in [0.3, 0.4) is 0 Å². The molecule has 0 saturated carbocycles. The molecule has 0 aliphatic carbocycles. The van der Waals surface area contributed by atoms with Crippen molar-refractivity contribution in [1.82, 2.24) is 19.3 Å². The van der Waals surface area contributed by atoms with Gasteiger partial charge in [-0.3, -0.25) is 14.3 Å². The second-order valence-electron chi connectivity index (χ2n) is 7.58. The summed E-state index contributed by atoms with van der Waals surface area (Å²) < 4.78 is 15.9. The summed E-state index contributed by atoms with van der Waals surface area (Å²) in [5, 5.41) is 11.9. The van der Waals surface area contributed by atoms with Gasteiger partial charge >= 0.3 is 0 Å². The van der Waals surface area contributed by atoms with Crippen LogP contribution in [0.5, 0.6) is 0 Å². The van der Waals surface area contributed by atoms with Crippen molar-refractivity contribution < 1.29 is 9.18 Å². The van der Waals surface area contributed by atoms with E-state index in [2.05, 4.69) is 15.3 Å². The minimum atomic E-state index is -0.444. The molecular weight excluding hydrogens is 363 g/mol. The van der Waals surface area contributed by atoms with E-state index >= 15 is 0 Å². The Bertz CT molecular complexity index is 1130. The maximum atomic E-state index is 13.0. The molecule has 0 radical (unpaired) electrons. The van der Waals surface area contributed by atoms with Crippen LogP contribution in [0.25, 0.3) is 11.0 Å². The average molecular weight is 382 g/mol. The predicted molar refractivity (Wildman–Crippen MR) is 101 cm³/mol. The number of amides is 1. The Morgan fingerprint density at radius 2 is 1.93 bits per heavy atom. The van der Waals surface area contributed by atoms with Gasteiger partial charge < -0.3 is 5.32 Å². The van der Waals surface area contributed by atoms with Crippen molar-refractivity contribution in [3.63, 3.8) is 0 Å². The maximum Gasteiger partial charge on any atom is 0.278 e. The van der Waals surface area contributed by atoms with Crippen LogP contribution in [0.4, 0.5) is 10.1 Å². The van der Waals surface area contributed by atoms with Gasteiger partial charge in [0, 0.05) is 18.4 Å². The van der Waals surface area contributed by atoms with Crippen molar-refractivity contribution in [3.8, 4) is 6.07 Å². The van der Waals surface area contributed by atoms with Crippen LogP contribution in [0.15, 0.2) is 35.3 Å². The average Bonchev–Trinajstić information content (AvgIpc) is 2.87. The van der Waals surface area contributed by atoms with Gasteiger partial charge in [-0.2, -0.15) is 10.2 Å². The molecule has 0 atom stereocenters. The number of anilines is 1. The molecule has 144 valence electrons. The second kappa shape index (κ2) is 7.23. The van der Waals surface area contributed by atoms with Gasteiger partial charge in [0.25, 0.3) is 5.56 Å². The number of aromatic nitrogens is 4. The highest BCUT2D eigenvalue weighted by Gasteiger charge is 2.22. The molecule has 0 spiro atoms. The number of benzene rings is 1. The first kappa shape index (κ1) is 19.2. The largest absolute Gasteiger partial charge is 0.324 e. The van der Waals surface area contributed by atoms with Crippen LogP contribution in [0.2, 0.25) is 0 Å². The summed E-state index contributed by atoms with van der Waals surface area (Å²) in [6.07, 6.45) is 1.30. The Morgan fingerprint density at radius 1 is 1.25 bits per heavy atom. The number of carbonyl (C=O) groups is 1. The lowest BCUT2D eigenvalue weighted by Gasteiger charge is -2.22. The molecule has 1 amide bonds. The fraction of sp³-hybridized carbons (Fsp3) is 0.316. The van der Waals surface area contributed by atoms with Crippen LogP contribution in [-0.2, 0) is 17.9 Å². The van der Waals surface area contributed by atoms with Crippen LogP contribution in [0.1, 0.15) is 26.6 Å². The maximum absolute atomic E-state index is 13.0. The SMILES string of the molecule is CC(C)(C)Cn1c2nc(C#N)ncc2c(=O)n1CC(=O)Nc1ccc(F)cc1. The van der Waals surface area contributed by atoms with Gasteiger partial charge in [0.1, 0.15) is 23.8 Å². The summed E-state index contributed by atoms with van der Waals surface area (Å²) in [5.41, 5.74) is 0.0919. The molecule has 3 rings (SSSR count). The normalized spacial score (nSPS) is 11.4. The fourth-order valence-corrected chi connectivity index (χ4v) is 2.77. The quantitative estimate of drug-likeness (QED) is 0.745. The Morgan fingerprint density at radius 3 is 2.54 bits per heavy atom. The number of halogens is 1. The number of carbonyl (C=O) groups excluding carboxylic acids is 1. The minimum Gasteiger partial charge on any atom is -0.324 e. The van der Waals surface area contributed by atoms with Crippen molar-refractivity contribution in [2.45, 2.75) is 33.9 Å². The van der Waals surface area contributed by atoms with Gasteiger partial charge in [0.05, 0.1) is 0 Å². The number of hydrogen-bond acceptors (Lipinski definition) is 5. The Hall–Kier alpha value is -3.54. The highest BCUT2D eigenvalue weighted by molar-refractivity contribution is 5.90. The summed E-state index contributed by atoms with van der Waals surface area (Å²) in [4.78, 5) is 33.3. The zero-order valence-corrected chi connectivity index (χ0v) is 15.7. The lowest BCUT2D eigenvalue weighted by molar-refractivity contribution is -0.117. The molecule has 0 saturated heterocycles.